The van der Waals surface area contributed by atoms with Crippen molar-refractivity contribution in [3.63, 3.8) is 0 Å². The molecule has 2 aromatic rings. The van der Waals surface area contributed by atoms with Crippen LogP contribution in [0.5, 0.6) is 0 Å². The quantitative estimate of drug-likeness (QED) is 0.891. The van der Waals surface area contributed by atoms with E-state index in [-0.39, 0.29) is 5.54 Å². The molecule has 1 heterocycles. The lowest BCUT2D eigenvalue weighted by Gasteiger charge is -2.20. The van der Waals surface area contributed by atoms with Crippen molar-refractivity contribution in [3.8, 4) is 11.3 Å². The van der Waals surface area contributed by atoms with Gasteiger partial charge >= 0.3 is 0 Å². The van der Waals surface area contributed by atoms with Crippen molar-refractivity contribution in [3.05, 3.63) is 35.2 Å². The molecule has 1 aromatic carbocycles. The van der Waals surface area contributed by atoms with Gasteiger partial charge in [-0.25, -0.2) is 4.98 Å². The second-order valence-corrected chi connectivity index (χ2v) is 6.41. The van der Waals surface area contributed by atoms with Gasteiger partial charge in [0.15, 0.2) is 5.13 Å². The number of hydrogen-bond donors (Lipinski definition) is 2. The molecule has 96 valence electrons. The summed E-state index contributed by atoms with van der Waals surface area (Å²) in [7, 11) is 0. The first kappa shape index (κ1) is 13.1. The zero-order chi connectivity index (χ0) is 13.2. The number of nitrogens with zero attached hydrogens (tertiary/aromatic N) is 1. The van der Waals surface area contributed by atoms with Gasteiger partial charge in [0.2, 0.25) is 0 Å². The van der Waals surface area contributed by atoms with Gasteiger partial charge in [-0.05, 0) is 20.8 Å². The fourth-order valence-corrected chi connectivity index (χ4v) is 2.45. The number of nitrogen functional groups attached to an aromatic ring is 1. The van der Waals surface area contributed by atoms with Crippen LogP contribution in [-0.2, 0) is 6.54 Å². The summed E-state index contributed by atoms with van der Waals surface area (Å²) in [5.74, 6) is 0. The highest BCUT2D eigenvalue weighted by molar-refractivity contribution is 7.15. The Morgan fingerprint density at radius 3 is 2.50 bits per heavy atom. The van der Waals surface area contributed by atoms with Crippen LogP contribution in [0.2, 0.25) is 0 Å². The molecule has 2 rings (SSSR count). The summed E-state index contributed by atoms with van der Waals surface area (Å²) in [5, 5.41) is 4.10. The van der Waals surface area contributed by atoms with Crippen LogP contribution in [-0.4, -0.2) is 10.5 Å². The fraction of sp³-hybridized carbons (Fsp3) is 0.357. The number of hydrogen-bond acceptors (Lipinski definition) is 4. The fourth-order valence-electron chi connectivity index (χ4n) is 1.66. The van der Waals surface area contributed by atoms with Crippen molar-refractivity contribution >= 4 is 16.5 Å². The van der Waals surface area contributed by atoms with Gasteiger partial charge in [0.05, 0.1) is 5.69 Å². The molecule has 0 amide bonds. The van der Waals surface area contributed by atoms with Gasteiger partial charge < -0.3 is 11.1 Å². The van der Waals surface area contributed by atoms with Crippen LogP contribution in [0.1, 0.15) is 25.6 Å². The average molecular weight is 261 g/mol. The molecule has 0 fully saturated rings. The van der Waals surface area contributed by atoms with Gasteiger partial charge in [0.1, 0.15) is 0 Å². The van der Waals surface area contributed by atoms with Gasteiger partial charge in [-0.3, -0.25) is 0 Å². The second-order valence-electron chi connectivity index (χ2n) is 5.29. The molecule has 0 spiro atoms. The van der Waals surface area contributed by atoms with Crippen molar-refractivity contribution in [2.75, 3.05) is 5.73 Å². The third kappa shape index (κ3) is 3.31. The molecule has 3 nitrogen and oxygen atoms in total. The Labute approximate surface area is 112 Å². The van der Waals surface area contributed by atoms with E-state index < -0.39 is 0 Å². The molecule has 0 aliphatic carbocycles. The molecule has 18 heavy (non-hydrogen) atoms. The standard InChI is InChI=1S/C14H19N3S/c1-14(2,3)16-9-11-12(17-13(15)18-11)10-7-5-4-6-8-10/h4-8,16H,9H2,1-3H3,(H2,15,17). The highest BCUT2D eigenvalue weighted by atomic mass is 32.1. The molecule has 0 bridgehead atoms. The largest absolute Gasteiger partial charge is 0.375 e. The van der Waals surface area contributed by atoms with E-state index in [2.05, 4.69) is 43.2 Å². The maximum Gasteiger partial charge on any atom is 0.180 e. The number of anilines is 1. The van der Waals surface area contributed by atoms with Crippen LogP contribution in [0.15, 0.2) is 30.3 Å². The minimum Gasteiger partial charge on any atom is -0.375 e. The van der Waals surface area contributed by atoms with Gasteiger partial charge in [-0.1, -0.05) is 30.3 Å². The number of benzene rings is 1. The number of thiazole rings is 1. The molecular formula is C14H19N3S. The molecule has 0 aliphatic rings. The number of aromatic nitrogens is 1. The van der Waals surface area contributed by atoms with E-state index in [0.717, 1.165) is 17.8 Å². The zero-order valence-electron chi connectivity index (χ0n) is 11.0. The topological polar surface area (TPSA) is 50.9 Å². The van der Waals surface area contributed by atoms with Gasteiger partial charge in [-0.15, -0.1) is 11.3 Å². The number of nitrogens with one attached hydrogen (secondary N) is 1. The number of rotatable bonds is 3. The highest BCUT2D eigenvalue weighted by Gasteiger charge is 2.14. The maximum atomic E-state index is 5.84. The monoisotopic (exact) mass is 261 g/mol. The Balaban J connectivity index is 2.26. The first-order valence-corrected chi connectivity index (χ1v) is 6.83. The first-order chi connectivity index (χ1) is 8.46. The van der Waals surface area contributed by atoms with Crippen molar-refractivity contribution < 1.29 is 0 Å². The Morgan fingerprint density at radius 2 is 1.89 bits per heavy atom. The van der Waals surface area contributed by atoms with Crippen LogP contribution < -0.4 is 11.1 Å². The van der Waals surface area contributed by atoms with Crippen LogP contribution in [0, 0.1) is 0 Å². The molecular weight excluding hydrogens is 242 g/mol. The molecule has 1 aromatic heterocycles. The Kier molecular flexibility index (Phi) is 3.68. The summed E-state index contributed by atoms with van der Waals surface area (Å²) in [6, 6.07) is 10.2. The molecule has 0 atom stereocenters. The molecule has 0 saturated carbocycles. The van der Waals surface area contributed by atoms with Gasteiger partial charge in [0, 0.05) is 22.5 Å². The lowest BCUT2D eigenvalue weighted by atomic mass is 10.1. The Bertz CT molecular complexity index is 512. The maximum absolute atomic E-state index is 5.84. The molecule has 0 saturated heterocycles. The van der Waals surface area contributed by atoms with Crippen molar-refractivity contribution in [2.45, 2.75) is 32.9 Å². The van der Waals surface area contributed by atoms with Crippen LogP contribution >= 0.6 is 11.3 Å². The van der Waals surface area contributed by atoms with E-state index in [0.29, 0.717) is 5.13 Å². The van der Waals surface area contributed by atoms with E-state index >= 15 is 0 Å². The minimum absolute atomic E-state index is 0.0900. The van der Waals surface area contributed by atoms with Crippen LogP contribution in [0.25, 0.3) is 11.3 Å². The molecule has 0 unspecified atom stereocenters. The third-order valence-electron chi connectivity index (χ3n) is 2.54. The third-order valence-corrected chi connectivity index (χ3v) is 3.42. The summed E-state index contributed by atoms with van der Waals surface area (Å²) >= 11 is 1.55. The Morgan fingerprint density at radius 1 is 1.22 bits per heavy atom. The molecule has 4 heteroatoms. The second kappa shape index (κ2) is 5.08. The summed E-state index contributed by atoms with van der Waals surface area (Å²) in [4.78, 5) is 5.63. The van der Waals surface area contributed by atoms with E-state index in [1.165, 1.54) is 4.88 Å². The Hall–Kier alpha value is -1.39. The van der Waals surface area contributed by atoms with Gasteiger partial charge in [0.25, 0.3) is 0 Å². The number of nitrogens with two attached hydrogens (primary N) is 1. The molecule has 0 aliphatic heterocycles. The molecule has 0 radical (unpaired) electrons. The van der Waals surface area contributed by atoms with Crippen LogP contribution in [0.4, 0.5) is 5.13 Å². The van der Waals surface area contributed by atoms with Gasteiger partial charge in [-0.2, -0.15) is 0 Å². The smallest absolute Gasteiger partial charge is 0.180 e. The summed E-state index contributed by atoms with van der Waals surface area (Å²) in [6.45, 7) is 7.25. The zero-order valence-corrected chi connectivity index (χ0v) is 11.8. The predicted molar refractivity (Wildman–Crippen MR) is 78.6 cm³/mol. The van der Waals surface area contributed by atoms with Crippen LogP contribution in [0.3, 0.4) is 0 Å². The van der Waals surface area contributed by atoms with E-state index in [1.54, 1.807) is 11.3 Å². The SMILES string of the molecule is CC(C)(C)NCc1sc(N)nc1-c1ccccc1. The van der Waals surface area contributed by atoms with Crippen molar-refractivity contribution in [2.24, 2.45) is 0 Å². The van der Waals surface area contributed by atoms with Crippen molar-refractivity contribution in [1.29, 1.82) is 0 Å². The molecule has 3 N–H and O–H groups in total. The summed E-state index contributed by atoms with van der Waals surface area (Å²) in [5.41, 5.74) is 8.04. The summed E-state index contributed by atoms with van der Waals surface area (Å²) < 4.78 is 0. The first-order valence-electron chi connectivity index (χ1n) is 6.01. The highest BCUT2D eigenvalue weighted by Crippen LogP contribution is 2.29. The lowest BCUT2D eigenvalue weighted by Crippen LogP contribution is -2.34. The predicted octanol–water partition coefficient (Wildman–Crippen LogP) is 3.28. The van der Waals surface area contributed by atoms with E-state index in [1.807, 2.05) is 18.2 Å². The lowest BCUT2D eigenvalue weighted by molar-refractivity contribution is 0.426. The average Bonchev–Trinajstić information content (AvgIpc) is 2.68. The minimum atomic E-state index is 0.0900. The van der Waals surface area contributed by atoms with E-state index in [4.69, 9.17) is 5.73 Å². The normalized spacial score (nSPS) is 11.7. The van der Waals surface area contributed by atoms with E-state index in [9.17, 15) is 0 Å². The van der Waals surface area contributed by atoms with Crippen molar-refractivity contribution in [1.82, 2.24) is 10.3 Å². The summed E-state index contributed by atoms with van der Waals surface area (Å²) in [6.07, 6.45) is 0.